The lowest BCUT2D eigenvalue weighted by Gasteiger charge is -2.32. The average Bonchev–Trinajstić information content (AvgIpc) is 3.13. The third-order valence-corrected chi connectivity index (χ3v) is 5.49. The van der Waals surface area contributed by atoms with Crippen molar-refractivity contribution in [3.05, 3.63) is 23.7 Å². The number of furan rings is 1. The minimum atomic E-state index is 0.401. The number of likely N-dealkylation sites (tertiary alicyclic amines) is 1. The van der Waals surface area contributed by atoms with Crippen molar-refractivity contribution in [3.8, 4) is 0 Å². The predicted octanol–water partition coefficient (Wildman–Crippen LogP) is 3.89. The molecule has 0 radical (unpaired) electrons. The molecule has 3 rings (SSSR count). The molecular formula is C18H30N2O. The molecule has 3 heteroatoms. The fraction of sp³-hybridized carbons (Fsp3) is 0.778. The second kappa shape index (κ2) is 6.13. The third kappa shape index (κ3) is 3.35. The summed E-state index contributed by atoms with van der Waals surface area (Å²) in [7, 11) is 0. The predicted molar refractivity (Wildman–Crippen MR) is 86.4 cm³/mol. The molecule has 1 aromatic rings. The van der Waals surface area contributed by atoms with Gasteiger partial charge in [-0.2, -0.15) is 0 Å². The first-order valence-electron chi connectivity index (χ1n) is 8.60. The minimum absolute atomic E-state index is 0.401. The van der Waals surface area contributed by atoms with Crippen LogP contribution >= 0.6 is 0 Å². The Hall–Kier alpha value is -0.800. The molecule has 2 heterocycles. The van der Waals surface area contributed by atoms with Crippen molar-refractivity contribution in [2.24, 2.45) is 5.41 Å². The summed E-state index contributed by atoms with van der Waals surface area (Å²) in [6.45, 7) is 10.3. The highest BCUT2D eigenvalue weighted by Crippen LogP contribution is 2.37. The second-order valence-electron chi connectivity index (χ2n) is 7.55. The monoisotopic (exact) mass is 290 g/mol. The summed E-state index contributed by atoms with van der Waals surface area (Å²) >= 11 is 0. The zero-order chi connectivity index (χ0) is 14.9. The Balaban J connectivity index is 1.67. The van der Waals surface area contributed by atoms with Crippen molar-refractivity contribution in [2.75, 3.05) is 19.6 Å². The molecule has 3 nitrogen and oxygen atoms in total. The van der Waals surface area contributed by atoms with Crippen LogP contribution in [-0.4, -0.2) is 30.6 Å². The molecule has 1 saturated carbocycles. The van der Waals surface area contributed by atoms with E-state index in [0.717, 1.165) is 18.1 Å². The Bertz CT molecular complexity index is 460. The maximum absolute atomic E-state index is 5.94. The Morgan fingerprint density at radius 3 is 2.62 bits per heavy atom. The van der Waals surface area contributed by atoms with E-state index in [1.165, 1.54) is 45.2 Å². The molecule has 2 aliphatic rings. The summed E-state index contributed by atoms with van der Waals surface area (Å²) in [4.78, 5) is 2.59. The van der Waals surface area contributed by atoms with Gasteiger partial charge in [0.25, 0.3) is 0 Å². The summed E-state index contributed by atoms with van der Waals surface area (Å²) < 4.78 is 5.94. The van der Waals surface area contributed by atoms with Crippen LogP contribution in [0.5, 0.6) is 0 Å². The maximum Gasteiger partial charge on any atom is 0.122 e. The van der Waals surface area contributed by atoms with Crippen LogP contribution in [0.4, 0.5) is 0 Å². The van der Waals surface area contributed by atoms with Gasteiger partial charge in [-0.1, -0.05) is 20.3 Å². The summed E-state index contributed by atoms with van der Waals surface area (Å²) in [5.74, 6) is 2.16. The molecule has 2 atom stereocenters. The summed E-state index contributed by atoms with van der Waals surface area (Å²) in [5.41, 5.74) is 0.439. The quantitative estimate of drug-likeness (QED) is 0.891. The molecule has 1 aliphatic heterocycles. The van der Waals surface area contributed by atoms with Crippen molar-refractivity contribution in [1.29, 1.82) is 0 Å². The Morgan fingerprint density at radius 1 is 1.29 bits per heavy atom. The van der Waals surface area contributed by atoms with Gasteiger partial charge in [0.15, 0.2) is 0 Å². The summed E-state index contributed by atoms with van der Waals surface area (Å²) in [6.07, 6.45) is 6.67. The van der Waals surface area contributed by atoms with Crippen molar-refractivity contribution in [1.82, 2.24) is 10.2 Å². The number of rotatable bonds is 5. The van der Waals surface area contributed by atoms with E-state index in [-0.39, 0.29) is 0 Å². The van der Waals surface area contributed by atoms with Crippen molar-refractivity contribution in [3.63, 3.8) is 0 Å². The fourth-order valence-electron chi connectivity index (χ4n) is 4.05. The van der Waals surface area contributed by atoms with Crippen LogP contribution in [0.2, 0.25) is 0 Å². The van der Waals surface area contributed by atoms with Crippen LogP contribution < -0.4 is 5.32 Å². The second-order valence-corrected chi connectivity index (χ2v) is 7.55. The lowest BCUT2D eigenvalue weighted by molar-refractivity contribution is 0.187. The van der Waals surface area contributed by atoms with E-state index in [1.807, 2.05) is 6.92 Å². The van der Waals surface area contributed by atoms with Gasteiger partial charge >= 0.3 is 0 Å². The van der Waals surface area contributed by atoms with Gasteiger partial charge in [0.2, 0.25) is 0 Å². The lowest BCUT2D eigenvalue weighted by Crippen LogP contribution is -2.43. The number of aryl methyl sites for hydroxylation is 1. The van der Waals surface area contributed by atoms with E-state index in [2.05, 4.69) is 36.2 Å². The Kier molecular flexibility index (Phi) is 4.41. The van der Waals surface area contributed by atoms with Crippen LogP contribution in [-0.2, 0) is 0 Å². The molecule has 118 valence electrons. The van der Waals surface area contributed by atoms with Crippen LogP contribution in [0, 0.1) is 12.3 Å². The van der Waals surface area contributed by atoms with Gasteiger partial charge in [0, 0.05) is 12.6 Å². The van der Waals surface area contributed by atoms with Gasteiger partial charge in [0.1, 0.15) is 11.5 Å². The molecule has 2 fully saturated rings. The van der Waals surface area contributed by atoms with E-state index >= 15 is 0 Å². The highest BCUT2D eigenvalue weighted by molar-refractivity contribution is 5.11. The lowest BCUT2D eigenvalue weighted by atomic mass is 9.87. The number of hydrogen-bond donors (Lipinski definition) is 1. The maximum atomic E-state index is 5.94. The highest BCUT2D eigenvalue weighted by Gasteiger charge is 2.35. The molecule has 1 saturated heterocycles. The molecule has 21 heavy (non-hydrogen) atoms. The molecule has 0 aromatic carbocycles. The first-order valence-corrected chi connectivity index (χ1v) is 8.60. The van der Waals surface area contributed by atoms with Gasteiger partial charge < -0.3 is 9.73 Å². The SMILES string of the molecule is Cc1ccc([C@@H](CN[C@H]2CCCC2(C)C)N2CCCC2)o1. The summed E-state index contributed by atoms with van der Waals surface area (Å²) in [6, 6.07) is 5.31. The van der Waals surface area contributed by atoms with Gasteiger partial charge in [-0.25, -0.2) is 0 Å². The van der Waals surface area contributed by atoms with Crippen molar-refractivity contribution in [2.45, 2.75) is 65.0 Å². The molecule has 0 unspecified atom stereocenters. The van der Waals surface area contributed by atoms with E-state index in [4.69, 9.17) is 4.42 Å². The topological polar surface area (TPSA) is 28.4 Å². The normalized spacial score (nSPS) is 27.3. The molecule has 0 bridgehead atoms. The highest BCUT2D eigenvalue weighted by atomic mass is 16.3. The van der Waals surface area contributed by atoms with E-state index < -0.39 is 0 Å². The van der Waals surface area contributed by atoms with Crippen LogP contribution in [0.15, 0.2) is 16.5 Å². The molecule has 0 spiro atoms. The Labute approximate surface area is 129 Å². The molecule has 1 aromatic heterocycles. The molecule has 0 amide bonds. The first-order chi connectivity index (χ1) is 10.1. The number of hydrogen-bond acceptors (Lipinski definition) is 3. The molecular weight excluding hydrogens is 260 g/mol. The van der Waals surface area contributed by atoms with Crippen molar-refractivity contribution >= 4 is 0 Å². The zero-order valence-electron chi connectivity index (χ0n) is 13.8. The van der Waals surface area contributed by atoms with Gasteiger partial charge in [-0.3, -0.25) is 4.90 Å². The minimum Gasteiger partial charge on any atom is -0.465 e. The fourth-order valence-corrected chi connectivity index (χ4v) is 4.05. The van der Waals surface area contributed by atoms with Crippen molar-refractivity contribution < 1.29 is 4.42 Å². The largest absolute Gasteiger partial charge is 0.465 e. The van der Waals surface area contributed by atoms with Gasteiger partial charge in [-0.05, 0) is 63.2 Å². The smallest absolute Gasteiger partial charge is 0.122 e. The van der Waals surface area contributed by atoms with Crippen LogP contribution in [0.1, 0.15) is 63.5 Å². The van der Waals surface area contributed by atoms with Gasteiger partial charge in [-0.15, -0.1) is 0 Å². The third-order valence-electron chi connectivity index (χ3n) is 5.49. The van der Waals surface area contributed by atoms with Crippen LogP contribution in [0.25, 0.3) is 0 Å². The first kappa shape index (κ1) is 15.1. The standard InChI is InChI=1S/C18H30N2O/c1-14-8-9-16(21-14)15(20-11-4-5-12-20)13-19-17-7-6-10-18(17,2)3/h8-9,15,17,19H,4-7,10-13H2,1-3H3/t15-,17+/m1/s1. The van der Waals surface area contributed by atoms with E-state index in [1.54, 1.807) is 0 Å². The molecule has 1 N–H and O–H groups in total. The summed E-state index contributed by atoms with van der Waals surface area (Å²) in [5, 5.41) is 3.85. The van der Waals surface area contributed by atoms with E-state index in [0.29, 0.717) is 17.5 Å². The molecule has 1 aliphatic carbocycles. The van der Waals surface area contributed by atoms with Gasteiger partial charge in [0.05, 0.1) is 6.04 Å². The number of nitrogens with one attached hydrogen (secondary N) is 1. The number of nitrogens with zero attached hydrogens (tertiary/aromatic N) is 1. The van der Waals surface area contributed by atoms with E-state index in [9.17, 15) is 0 Å². The average molecular weight is 290 g/mol. The zero-order valence-corrected chi connectivity index (χ0v) is 13.8. The Morgan fingerprint density at radius 2 is 2.05 bits per heavy atom. The van der Waals surface area contributed by atoms with Crippen LogP contribution in [0.3, 0.4) is 0 Å².